The van der Waals surface area contributed by atoms with Crippen molar-refractivity contribution in [3.05, 3.63) is 165 Å². The number of halogens is 2. The fourth-order valence-corrected chi connectivity index (χ4v) is 11.8. The summed E-state index contributed by atoms with van der Waals surface area (Å²) in [6.45, 7) is 14.0. The molecule has 0 bridgehead atoms. The van der Waals surface area contributed by atoms with Gasteiger partial charge < -0.3 is 41.0 Å². The van der Waals surface area contributed by atoms with Crippen LogP contribution in [0.5, 0.6) is 0 Å². The highest BCUT2D eigenvalue weighted by Gasteiger charge is 2.18. The van der Waals surface area contributed by atoms with Gasteiger partial charge in [-0.1, -0.05) is 47.5 Å². The van der Waals surface area contributed by atoms with Gasteiger partial charge in [0.15, 0.2) is 0 Å². The highest BCUT2D eigenvalue weighted by molar-refractivity contribution is 7.17. The molecular weight excluding hydrogens is 992 g/mol. The van der Waals surface area contributed by atoms with Crippen LogP contribution in [0.2, 0.25) is 10.0 Å². The number of carbonyl (C=O) groups is 2. The number of rotatable bonds is 16. The van der Waals surface area contributed by atoms with Gasteiger partial charge in [-0.05, 0) is 193 Å². The maximum Gasteiger partial charge on any atom is 0.307 e. The number of fused-ring (bicyclic) bond motifs is 4. The summed E-state index contributed by atoms with van der Waals surface area (Å²) in [5.41, 5.74) is 20.1. The van der Waals surface area contributed by atoms with Crippen LogP contribution in [0.3, 0.4) is 0 Å². The molecule has 0 saturated heterocycles. The second kappa shape index (κ2) is 21.6. The first kappa shape index (κ1) is 51.0. The summed E-state index contributed by atoms with van der Waals surface area (Å²) in [7, 11) is 0. The molecule has 4 heterocycles. The molecule has 0 aliphatic carbocycles. The molecule has 0 atom stereocenters. The van der Waals surface area contributed by atoms with Gasteiger partial charge in [0, 0.05) is 108 Å². The number of nitrogen functional groups attached to an aromatic ring is 1. The molecule has 0 spiro atoms. The number of nitrogens with one attached hydrogen (secondary N) is 3. The third kappa shape index (κ3) is 12.0. The first-order valence-corrected chi connectivity index (χ1v) is 26.8. The fourth-order valence-electron chi connectivity index (χ4n) is 9.55. The van der Waals surface area contributed by atoms with E-state index in [-0.39, 0.29) is 18.9 Å². The summed E-state index contributed by atoms with van der Waals surface area (Å²) in [4.78, 5) is 23.2. The Kier molecular flexibility index (Phi) is 15.1. The Balaban J connectivity index is 0.000000180. The monoisotopic (exact) mass is 1050 g/mol. The second-order valence-electron chi connectivity index (χ2n) is 19.5. The van der Waals surface area contributed by atoms with E-state index < -0.39 is 11.9 Å². The van der Waals surface area contributed by atoms with Crippen LogP contribution in [0.15, 0.2) is 132 Å². The van der Waals surface area contributed by atoms with Crippen molar-refractivity contribution < 1.29 is 19.8 Å². The fraction of sp³-hybridized carbons (Fsp3) is 0.220. The summed E-state index contributed by atoms with van der Waals surface area (Å²) in [5, 5.41) is 39.4. The summed E-state index contributed by atoms with van der Waals surface area (Å²) < 4.78 is 6.67. The van der Waals surface area contributed by atoms with Crippen LogP contribution in [0.4, 0.5) is 22.7 Å². The van der Waals surface area contributed by atoms with Gasteiger partial charge in [0.05, 0.1) is 12.8 Å². The van der Waals surface area contributed by atoms with E-state index in [1.165, 1.54) is 15.0 Å². The van der Waals surface area contributed by atoms with Crippen LogP contribution < -0.4 is 21.7 Å². The smallest absolute Gasteiger partial charge is 0.307 e. The Morgan fingerprint density at radius 2 is 0.918 bits per heavy atom. The maximum atomic E-state index is 11.7. The Hall–Kier alpha value is -6.96. The van der Waals surface area contributed by atoms with E-state index in [0.717, 1.165) is 88.6 Å². The van der Waals surface area contributed by atoms with E-state index in [0.29, 0.717) is 40.9 Å². The minimum atomic E-state index is -0.846. The average Bonchev–Trinajstić information content (AvgIpc) is 4.08. The molecule has 6 aromatic carbocycles. The number of benzene rings is 6. The zero-order chi connectivity index (χ0) is 51.7. The van der Waals surface area contributed by atoms with Crippen molar-refractivity contribution in [3.8, 4) is 22.3 Å². The van der Waals surface area contributed by atoms with Crippen molar-refractivity contribution in [2.75, 3.05) is 21.7 Å². The number of hydrogen-bond donors (Lipinski definition) is 6. The highest BCUT2D eigenvalue weighted by atomic mass is 35.5. The van der Waals surface area contributed by atoms with Gasteiger partial charge in [-0.15, -0.1) is 22.7 Å². The average molecular weight is 1050 g/mol. The Bertz CT molecular complexity index is 3650. The van der Waals surface area contributed by atoms with E-state index in [2.05, 4.69) is 132 Å². The van der Waals surface area contributed by atoms with E-state index in [9.17, 15) is 19.8 Å². The number of nitrogens with zero attached hydrogens (tertiary/aromatic N) is 2. The molecule has 0 aliphatic heterocycles. The number of nitrogens with two attached hydrogens (primary N) is 1. The third-order valence-corrected chi connectivity index (χ3v) is 14.9. The van der Waals surface area contributed by atoms with Crippen molar-refractivity contribution in [2.24, 2.45) is 0 Å². The molecule has 0 unspecified atom stereocenters. The Labute approximate surface area is 443 Å². The van der Waals surface area contributed by atoms with Crippen molar-refractivity contribution >= 4 is 123 Å². The second-order valence-corrected chi connectivity index (χ2v) is 22.2. The largest absolute Gasteiger partial charge is 0.481 e. The zero-order valence-electron chi connectivity index (χ0n) is 41.5. The summed E-state index contributed by atoms with van der Waals surface area (Å²) in [6, 6.07) is 37.8. The first-order chi connectivity index (χ1) is 34.9. The molecule has 0 amide bonds. The summed E-state index contributed by atoms with van der Waals surface area (Å²) in [6.07, 6.45) is 3.90. The Morgan fingerprint density at radius 1 is 0.507 bits per heavy atom. The van der Waals surface area contributed by atoms with Crippen LogP contribution in [0, 0.1) is 0 Å². The molecule has 0 fully saturated rings. The lowest BCUT2D eigenvalue weighted by atomic mass is 10.0. The third-order valence-electron chi connectivity index (χ3n) is 12.4. The van der Waals surface area contributed by atoms with Gasteiger partial charge in [-0.25, -0.2) is 0 Å². The van der Waals surface area contributed by atoms with E-state index in [4.69, 9.17) is 28.9 Å². The van der Waals surface area contributed by atoms with Crippen molar-refractivity contribution in [2.45, 2.75) is 85.6 Å². The maximum absolute atomic E-state index is 11.7. The molecule has 0 aliphatic rings. The molecule has 0 radical (unpaired) electrons. The number of aromatic nitrogens is 2. The predicted molar refractivity (Wildman–Crippen MR) is 310 cm³/mol. The van der Waals surface area contributed by atoms with Crippen LogP contribution in [-0.2, 0) is 35.5 Å². The van der Waals surface area contributed by atoms with Crippen molar-refractivity contribution in [1.29, 1.82) is 0 Å². The van der Waals surface area contributed by atoms with Crippen LogP contribution >= 0.6 is 45.9 Å². The summed E-state index contributed by atoms with van der Waals surface area (Å²) in [5.74, 6) is -1.68. The number of anilines is 4. The van der Waals surface area contributed by atoms with Gasteiger partial charge in [-0.3, -0.25) is 9.59 Å². The molecular formula is C59H58Cl2N6O4S2. The molecule has 10 nitrogen and oxygen atoms in total. The number of thiophene rings is 2. The minimum Gasteiger partial charge on any atom is -0.481 e. The van der Waals surface area contributed by atoms with Gasteiger partial charge in [-0.2, -0.15) is 0 Å². The van der Waals surface area contributed by atoms with Crippen LogP contribution in [-0.4, -0.2) is 49.4 Å². The lowest BCUT2D eigenvalue weighted by Gasteiger charge is -2.17. The molecule has 10 aromatic rings. The molecule has 73 heavy (non-hydrogen) atoms. The van der Waals surface area contributed by atoms with Crippen molar-refractivity contribution in [1.82, 2.24) is 9.13 Å². The standard InChI is InChI=1S/C31H32ClN3O2S.C28H26ClN3O2S/c1-18(2)33-25-9-21(10-26(14-25)34-19(3)4)20-5-7-27-22(12-31(36)37)15-35(29(27)11-20)16-23-17-38-30-8-6-24(32)13-28(23)30;1-16(2)31-23-8-18(7-22(30)12-23)17-3-5-24-19(10-28(33)34)13-32(26(24)9-17)14-20-15-35-27-6-4-21(29)11-25(20)27/h5-11,13-15,17-19,33-34H,12,16H2,1-4H3,(H,36,37);3-9,11-13,15-16,31H,10,14,30H2,1-2H3,(H,33,34). The number of hydrogen-bond acceptors (Lipinski definition) is 8. The minimum absolute atomic E-state index is 0.0185. The number of aliphatic carboxylic acids is 2. The number of carboxylic acids is 2. The molecule has 14 heteroatoms. The van der Waals surface area contributed by atoms with Crippen LogP contribution in [0.25, 0.3) is 64.2 Å². The summed E-state index contributed by atoms with van der Waals surface area (Å²) >= 11 is 16.0. The molecule has 10 rings (SSSR count). The van der Waals surface area contributed by atoms with Gasteiger partial charge in [0.2, 0.25) is 0 Å². The predicted octanol–water partition coefficient (Wildman–Crippen LogP) is 15.7. The van der Waals surface area contributed by atoms with Crippen LogP contribution in [0.1, 0.15) is 63.8 Å². The normalized spacial score (nSPS) is 11.6. The van der Waals surface area contributed by atoms with E-state index in [1.807, 2.05) is 67.0 Å². The van der Waals surface area contributed by atoms with Crippen molar-refractivity contribution in [3.63, 3.8) is 0 Å². The molecule has 7 N–H and O–H groups in total. The topological polar surface area (TPSA) is 147 Å². The zero-order valence-corrected chi connectivity index (χ0v) is 44.7. The molecule has 0 saturated carbocycles. The Morgan fingerprint density at radius 3 is 1.33 bits per heavy atom. The quantitative estimate of drug-likeness (QED) is 0.0525. The number of carboxylic acid groups (broad SMARTS) is 2. The van der Waals surface area contributed by atoms with Gasteiger partial charge in [0.25, 0.3) is 0 Å². The first-order valence-electron chi connectivity index (χ1n) is 24.3. The van der Waals surface area contributed by atoms with Gasteiger partial charge >= 0.3 is 11.9 Å². The molecule has 374 valence electrons. The van der Waals surface area contributed by atoms with E-state index in [1.54, 1.807) is 22.7 Å². The molecule has 4 aromatic heterocycles. The van der Waals surface area contributed by atoms with E-state index >= 15 is 0 Å². The lowest BCUT2D eigenvalue weighted by Crippen LogP contribution is -2.12. The van der Waals surface area contributed by atoms with Gasteiger partial charge in [0.1, 0.15) is 0 Å². The highest BCUT2D eigenvalue weighted by Crippen LogP contribution is 2.37. The lowest BCUT2D eigenvalue weighted by molar-refractivity contribution is -0.137. The SMILES string of the molecule is CC(C)Nc1cc(N)cc(-c2ccc3c(CC(=O)O)cn(Cc4csc5ccc(Cl)cc45)c3c2)c1.CC(C)Nc1cc(NC(C)C)cc(-c2ccc3c(CC(=O)O)cn(Cc4csc5ccc(Cl)cc45)c3c2)c1.